The summed E-state index contributed by atoms with van der Waals surface area (Å²) in [4.78, 5) is 8.52. The predicted octanol–water partition coefficient (Wildman–Crippen LogP) is 3.37. The first-order valence-corrected chi connectivity index (χ1v) is 6.06. The number of phenolic OH excluding ortho intramolecular Hbond substituents is 1. The zero-order valence-corrected chi connectivity index (χ0v) is 10.0. The molecule has 2 heterocycles. The van der Waals surface area contributed by atoms with Crippen molar-refractivity contribution < 1.29 is 5.11 Å². The van der Waals surface area contributed by atoms with E-state index in [4.69, 9.17) is 0 Å². The highest BCUT2D eigenvalue weighted by molar-refractivity contribution is 7.21. The third kappa shape index (κ3) is 1.76. The first kappa shape index (κ1) is 10.2. The first-order chi connectivity index (χ1) is 8.24. The Morgan fingerprint density at radius 1 is 1.24 bits per heavy atom. The van der Waals surface area contributed by atoms with Crippen LogP contribution in [-0.2, 0) is 0 Å². The van der Waals surface area contributed by atoms with E-state index in [2.05, 4.69) is 9.97 Å². The highest BCUT2D eigenvalue weighted by atomic mass is 32.1. The van der Waals surface area contributed by atoms with Gasteiger partial charge in [-0.25, -0.2) is 4.98 Å². The number of hydrogen-bond acceptors (Lipinski definition) is 4. The maximum absolute atomic E-state index is 9.86. The van der Waals surface area contributed by atoms with Gasteiger partial charge in [-0.3, -0.25) is 4.98 Å². The first-order valence-electron chi connectivity index (χ1n) is 5.24. The number of aromatic hydroxyl groups is 1. The van der Waals surface area contributed by atoms with Crippen molar-refractivity contribution >= 4 is 21.6 Å². The molecule has 1 N–H and O–H groups in total. The Morgan fingerprint density at radius 2 is 2.12 bits per heavy atom. The van der Waals surface area contributed by atoms with E-state index >= 15 is 0 Å². The number of thiazole rings is 1. The summed E-state index contributed by atoms with van der Waals surface area (Å²) in [7, 11) is 0. The fourth-order valence-corrected chi connectivity index (χ4v) is 2.67. The summed E-state index contributed by atoms with van der Waals surface area (Å²) in [6.45, 7) is 2.00. The second-order valence-corrected chi connectivity index (χ2v) is 4.91. The van der Waals surface area contributed by atoms with Crippen molar-refractivity contribution in [1.82, 2.24) is 9.97 Å². The van der Waals surface area contributed by atoms with Gasteiger partial charge in [0.2, 0.25) is 0 Å². The van der Waals surface area contributed by atoms with E-state index < -0.39 is 0 Å². The van der Waals surface area contributed by atoms with Gasteiger partial charge in [0, 0.05) is 6.20 Å². The number of aromatic nitrogens is 2. The monoisotopic (exact) mass is 242 g/mol. The molecule has 0 spiro atoms. The molecule has 0 radical (unpaired) electrons. The van der Waals surface area contributed by atoms with Crippen molar-refractivity contribution in [3.8, 4) is 16.3 Å². The van der Waals surface area contributed by atoms with E-state index in [1.807, 2.05) is 25.1 Å². The Morgan fingerprint density at radius 3 is 2.94 bits per heavy atom. The number of aryl methyl sites for hydroxylation is 1. The maximum Gasteiger partial charge on any atom is 0.128 e. The molecule has 0 saturated heterocycles. The maximum atomic E-state index is 9.86. The van der Waals surface area contributed by atoms with E-state index in [9.17, 15) is 5.11 Å². The van der Waals surface area contributed by atoms with Crippen LogP contribution >= 0.6 is 11.3 Å². The highest BCUT2D eigenvalue weighted by Gasteiger charge is 2.10. The van der Waals surface area contributed by atoms with Crippen molar-refractivity contribution in [3.05, 3.63) is 42.2 Å². The lowest BCUT2D eigenvalue weighted by Gasteiger charge is -2.01. The molecule has 0 bridgehead atoms. The van der Waals surface area contributed by atoms with Crippen molar-refractivity contribution in [2.45, 2.75) is 6.92 Å². The number of pyridine rings is 1. The zero-order valence-electron chi connectivity index (χ0n) is 9.21. The summed E-state index contributed by atoms with van der Waals surface area (Å²) in [5, 5.41) is 10.7. The Bertz CT molecular complexity index is 658. The second kappa shape index (κ2) is 3.82. The van der Waals surface area contributed by atoms with Crippen molar-refractivity contribution in [3.63, 3.8) is 0 Å². The summed E-state index contributed by atoms with van der Waals surface area (Å²) in [5.41, 5.74) is 2.76. The van der Waals surface area contributed by atoms with Crippen molar-refractivity contribution in [2.75, 3.05) is 0 Å². The van der Waals surface area contributed by atoms with Gasteiger partial charge in [-0.05, 0) is 25.1 Å². The molecule has 84 valence electrons. The smallest absolute Gasteiger partial charge is 0.128 e. The van der Waals surface area contributed by atoms with Crippen LogP contribution in [0.25, 0.3) is 20.8 Å². The average molecular weight is 242 g/mol. The Kier molecular flexibility index (Phi) is 2.30. The van der Waals surface area contributed by atoms with Crippen LogP contribution in [0.4, 0.5) is 0 Å². The average Bonchev–Trinajstić information content (AvgIpc) is 2.75. The van der Waals surface area contributed by atoms with E-state index in [1.54, 1.807) is 29.8 Å². The summed E-state index contributed by atoms with van der Waals surface area (Å²) < 4.78 is 1.08. The molecule has 0 fully saturated rings. The van der Waals surface area contributed by atoms with Gasteiger partial charge in [0.15, 0.2) is 0 Å². The predicted molar refractivity (Wildman–Crippen MR) is 69.3 cm³/mol. The third-order valence-corrected chi connectivity index (χ3v) is 3.64. The summed E-state index contributed by atoms with van der Waals surface area (Å²) >= 11 is 1.56. The summed E-state index contributed by atoms with van der Waals surface area (Å²) in [6.07, 6.45) is 3.49. The van der Waals surface area contributed by atoms with Crippen molar-refractivity contribution in [2.24, 2.45) is 0 Å². The number of benzene rings is 1. The molecule has 3 nitrogen and oxygen atoms in total. The molecule has 3 aromatic rings. The van der Waals surface area contributed by atoms with E-state index in [1.165, 1.54) is 0 Å². The molecule has 0 aliphatic heterocycles. The molecule has 3 rings (SSSR count). The second-order valence-electron chi connectivity index (χ2n) is 3.88. The van der Waals surface area contributed by atoms with Crippen LogP contribution < -0.4 is 0 Å². The van der Waals surface area contributed by atoms with Gasteiger partial charge in [-0.15, -0.1) is 11.3 Å². The van der Waals surface area contributed by atoms with Gasteiger partial charge in [-0.2, -0.15) is 0 Å². The fraction of sp³-hybridized carbons (Fsp3) is 0.0769. The molecule has 17 heavy (non-hydrogen) atoms. The lowest BCUT2D eigenvalue weighted by Crippen LogP contribution is -1.80. The SMILES string of the molecule is Cc1ccc(O)c(-c2nc3cnccc3s2)c1. The number of fused-ring (bicyclic) bond motifs is 1. The quantitative estimate of drug-likeness (QED) is 0.711. The van der Waals surface area contributed by atoms with Crippen LogP contribution in [0.5, 0.6) is 5.75 Å². The van der Waals surface area contributed by atoms with Crippen LogP contribution in [0, 0.1) is 6.92 Å². The minimum absolute atomic E-state index is 0.266. The molecule has 0 atom stereocenters. The standard InChI is InChI=1S/C13H10N2OS/c1-8-2-3-11(16)9(6-8)13-15-10-7-14-5-4-12(10)17-13/h2-7,16H,1H3. The van der Waals surface area contributed by atoms with Gasteiger partial charge < -0.3 is 5.11 Å². The third-order valence-electron chi connectivity index (χ3n) is 2.57. The molecule has 1 aromatic carbocycles. The van der Waals surface area contributed by atoms with Gasteiger partial charge in [0.1, 0.15) is 16.3 Å². The molecule has 0 unspecified atom stereocenters. The van der Waals surface area contributed by atoms with Crippen LogP contribution in [0.2, 0.25) is 0 Å². The summed E-state index contributed by atoms with van der Waals surface area (Å²) in [5.74, 6) is 0.266. The van der Waals surface area contributed by atoms with Crippen LogP contribution in [0.3, 0.4) is 0 Å². The van der Waals surface area contributed by atoms with Crippen LogP contribution in [0.15, 0.2) is 36.7 Å². The largest absolute Gasteiger partial charge is 0.507 e. The van der Waals surface area contributed by atoms with Gasteiger partial charge in [-0.1, -0.05) is 11.6 Å². The molecule has 0 amide bonds. The Labute approximate surface area is 102 Å². The number of rotatable bonds is 1. The lowest BCUT2D eigenvalue weighted by molar-refractivity contribution is 0.477. The molecule has 2 aromatic heterocycles. The summed E-state index contributed by atoms with van der Waals surface area (Å²) in [6, 6.07) is 7.46. The Hall–Kier alpha value is -1.94. The van der Waals surface area contributed by atoms with Crippen molar-refractivity contribution in [1.29, 1.82) is 0 Å². The fourth-order valence-electron chi connectivity index (χ4n) is 1.72. The topological polar surface area (TPSA) is 46.0 Å². The molecule has 4 heteroatoms. The molecular formula is C13H10N2OS. The lowest BCUT2D eigenvalue weighted by atomic mass is 10.1. The van der Waals surface area contributed by atoms with Crippen LogP contribution in [-0.4, -0.2) is 15.1 Å². The van der Waals surface area contributed by atoms with E-state index in [0.717, 1.165) is 26.4 Å². The number of nitrogens with zero attached hydrogens (tertiary/aromatic N) is 2. The minimum atomic E-state index is 0.266. The molecule has 0 saturated carbocycles. The van der Waals surface area contributed by atoms with Gasteiger partial charge >= 0.3 is 0 Å². The van der Waals surface area contributed by atoms with Gasteiger partial charge in [0.25, 0.3) is 0 Å². The van der Waals surface area contributed by atoms with Gasteiger partial charge in [0.05, 0.1) is 16.5 Å². The zero-order chi connectivity index (χ0) is 11.8. The van der Waals surface area contributed by atoms with E-state index in [0.29, 0.717) is 0 Å². The Balaban J connectivity index is 2.23. The number of hydrogen-bond donors (Lipinski definition) is 1. The van der Waals surface area contributed by atoms with E-state index in [-0.39, 0.29) is 5.75 Å². The van der Waals surface area contributed by atoms with Crippen LogP contribution in [0.1, 0.15) is 5.56 Å². The normalized spacial score (nSPS) is 10.9. The minimum Gasteiger partial charge on any atom is -0.507 e. The molecule has 0 aliphatic carbocycles. The number of phenols is 1. The highest BCUT2D eigenvalue weighted by Crippen LogP contribution is 2.35. The molecule has 0 aliphatic rings. The molecular weight excluding hydrogens is 232 g/mol.